The highest BCUT2D eigenvalue weighted by Gasteiger charge is 2.22. The number of nitrogens with one attached hydrogen (secondary N) is 1. The molecule has 0 saturated carbocycles. The van der Waals surface area contributed by atoms with Crippen molar-refractivity contribution in [2.45, 2.75) is 12.8 Å². The lowest BCUT2D eigenvalue weighted by Gasteiger charge is -2.20. The molecule has 28 heavy (non-hydrogen) atoms. The van der Waals surface area contributed by atoms with Crippen LogP contribution < -0.4 is 0 Å². The van der Waals surface area contributed by atoms with E-state index in [0.717, 1.165) is 37.1 Å². The quantitative estimate of drug-likeness (QED) is 0.528. The molecule has 3 nitrogen and oxygen atoms in total. The Kier molecular flexibility index (Phi) is 4.21. The minimum atomic E-state index is 0.120. The largest absolute Gasteiger partial charge is 0.358 e. The summed E-state index contributed by atoms with van der Waals surface area (Å²) in [6, 6.07) is 26.7. The van der Waals surface area contributed by atoms with Gasteiger partial charge in [0.1, 0.15) is 0 Å². The SMILES string of the molecule is O=C(c1ccc(-c2ccccc2)cc1)N1CCc2[nH]c3ccccc3c2CC1. The number of aromatic amines is 1. The van der Waals surface area contributed by atoms with Crippen molar-refractivity contribution < 1.29 is 4.79 Å². The van der Waals surface area contributed by atoms with Gasteiger partial charge in [0.2, 0.25) is 0 Å². The number of amides is 1. The number of nitrogens with zero attached hydrogens (tertiary/aromatic N) is 1. The fraction of sp³-hybridized carbons (Fsp3) is 0.160. The topological polar surface area (TPSA) is 36.1 Å². The van der Waals surface area contributed by atoms with Crippen molar-refractivity contribution in [3.05, 3.63) is 95.7 Å². The Morgan fingerprint density at radius 3 is 2.25 bits per heavy atom. The first-order valence-electron chi connectivity index (χ1n) is 9.83. The zero-order valence-electron chi connectivity index (χ0n) is 15.7. The van der Waals surface area contributed by atoms with Gasteiger partial charge >= 0.3 is 0 Å². The van der Waals surface area contributed by atoms with Crippen LogP contribution in [0.25, 0.3) is 22.0 Å². The number of carbonyl (C=O) groups excluding carboxylic acids is 1. The number of H-pyrrole nitrogens is 1. The molecule has 5 rings (SSSR count). The summed E-state index contributed by atoms with van der Waals surface area (Å²) >= 11 is 0. The van der Waals surface area contributed by atoms with E-state index < -0.39 is 0 Å². The van der Waals surface area contributed by atoms with Crippen LogP contribution in [-0.2, 0) is 12.8 Å². The van der Waals surface area contributed by atoms with E-state index in [1.807, 2.05) is 47.4 Å². The molecular weight excluding hydrogens is 344 g/mol. The average molecular weight is 366 g/mol. The minimum absolute atomic E-state index is 0.120. The van der Waals surface area contributed by atoms with Crippen molar-refractivity contribution in [3.63, 3.8) is 0 Å². The van der Waals surface area contributed by atoms with Crippen molar-refractivity contribution in [2.24, 2.45) is 0 Å². The zero-order valence-corrected chi connectivity index (χ0v) is 15.7. The van der Waals surface area contributed by atoms with Gasteiger partial charge in [-0.2, -0.15) is 0 Å². The van der Waals surface area contributed by atoms with Gasteiger partial charge < -0.3 is 9.88 Å². The van der Waals surface area contributed by atoms with Crippen LogP contribution in [0.5, 0.6) is 0 Å². The molecule has 3 aromatic carbocycles. The van der Waals surface area contributed by atoms with Gasteiger partial charge in [-0.15, -0.1) is 0 Å². The molecule has 0 fully saturated rings. The van der Waals surface area contributed by atoms with E-state index in [2.05, 4.69) is 41.4 Å². The van der Waals surface area contributed by atoms with Crippen molar-refractivity contribution in [3.8, 4) is 11.1 Å². The van der Waals surface area contributed by atoms with Gasteiger partial charge in [0.05, 0.1) is 0 Å². The molecule has 1 aliphatic heterocycles. The number of carbonyl (C=O) groups is 1. The zero-order chi connectivity index (χ0) is 18.9. The number of benzene rings is 3. The molecule has 138 valence electrons. The number of para-hydroxylation sites is 1. The average Bonchev–Trinajstić information content (AvgIpc) is 2.98. The standard InChI is InChI=1S/C25H22N2O/c28-25(20-12-10-19(11-13-20)18-6-2-1-3-7-18)27-16-14-22-21-8-4-5-9-23(21)26-24(22)15-17-27/h1-13,26H,14-17H2. The van der Waals surface area contributed by atoms with Crippen LogP contribution in [0.15, 0.2) is 78.9 Å². The smallest absolute Gasteiger partial charge is 0.253 e. The van der Waals surface area contributed by atoms with E-state index in [0.29, 0.717) is 0 Å². The predicted octanol–water partition coefficient (Wildman–Crippen LogP) is 5.08. The summed E-state index contributed by atoms with van der Waals surface area (Å²) < 4.78 is 0. The Hall–Kier alpha value is -3.33. The van der Waals surface area contributed by atoms with Crippen LogP contribution in [0.4, 0.5) is 0 Å². The molecular formula is C25H22N2O. The van der Waals surface area contributed by atoms with Crippen LogP contribution in [0.1, 0.15) is 21.6 Å². The maximum absolute atomic E-state index is 13.1. The van der Waals surface area contributed by atoms with E-state index in [4.69, 9.17) is 0 Å². The second kappa shape index (κ2) is 7.01. The predicted molar refractivity (Wildman–Crippen MR) is 113 cm³/mol. The summed E-state index contributed by atoms with van der Waals surface area (Å²) in [5.74, 6) is 0.120. The van der Waals surface area contributed by atoms with Gasteiger partial charge in [-0.3, -0.25) is 4.79 Å². The highest BCUT2D eigenvalue weighted by atomic mass is 16.2. The van der Waals surface area contributed by atoms with E-state index in [1.165, 1.54) is 27.7 Å². The van der Waals surface area contributed by atoms with Gasteiger partial charge in [0, 0.05) is 41.7 Å². The van der Waals surface area contributed by atoms with Crippen LogP contribution in [0.2, 0.25) is 0 Å². The summed E-state index contributed by atoms with van der Waals surface area (Å²) in [6.45, 7) is 1.51. The molecule has 3 heteroatoms. The summed E-state index contributed by atoms with van der Waals surface area (Å²) in [5, 5.41) is 1.29. The molecule has 2 heterocycles. The van der Waals surface area contributed by atoms with Gasteiger partial charge in [0.25, 0.3) is 5.91 Å². The first-order chi connectivity index (χ1) is 13.8. The maximum atomic E-state index is 13.1. The molecule has 0 radical (unpaired) electrons. The Balaban J connectivity index is 1.34. The molecule has 0 atom stereocenters. The van der Waals surface area contributed by atoms with Crippen LogP contribution in [0.3, 0.4) is 0 Å². The van der Waals surface area contributed by atoms with Crippen molar-refractivity contribution in [1.29, 1.82) is 0 Å². The lowest BCUT2D eigenvalue weighted by Crippen LogP contribution is -2.33. The summed E-state index contributed by atoms with van der Waals surface area (Å²) in [7, 11) is 0. The van der Waals surface area contributed by atoms with Gasteiger partial charge in [-0.05, 0) is 41.3 Å². The van der Waals surface area contributed by atoms with Gasteiger partial charge in [0.15, 0.2) is 0 Å². The molecule has 0 bridgehead atoms. The lowest BCUT2D eigenvalue weighted by atomic mass is 10.0. The molecule has 1 aliphatic rings. The Labute approximate surface area is 164 Å². The highest BCUT2D eigenvalue weighted by Crippen LogP contribution is 2.26. The Morgan fingerprint density at radius 2 is 1.43 bits per heavy atom. The van der Waals surface area contributed by atoms with E-state index >= 15 is 0 Å². The summed E-state index contributed by atoms with van der Waals surface area (Å²) in [5.41, 5.74) is 6.90. The van der Waals surface area contributed by atoms with Crippen LogP contribution in [0, 0.1) is 0 Å². The Morgan fingerprint density at radius 1 is 0.750 bits per heavy atom. The molecule has 1 aromatic heterocycles. The van der Waals surface area contributed by atoms with Crippen molar-refractivity contribution in [1.82, 2.24) is 9.88 Å². The van der Waals surface area contributed by atoms with Crippen molar-refractivity contribution >= 4 is 16.8 Å². The monoisotopic (exact) mass is 366 g/mol. The van der Waals surface area contributed by atoms with Gasteiger partial charge in [-0.1, -0.05) is 60.7 Å². The minimum Gasteiger partial charge on any atom is -0.358 e. The molecule has 1 amide bonds. The fourth-order valence-corrected chi connectivity index (χ4v) is 4.18. The number of rotatable bonds is 2. The summed E-state index contributed by atoms with van der Waals surface area (Å²) in [4.78, 5) is 18.6. The van der Waals surface area contributed by atoms with Crippen LogP contribution >= 0.6 is 0 Å². The van der Waals surface area contributed by atoms with Gasteiger partial charge in [-0.25, -0.2) is 0 Å². The number of aromatic nitrogens is 1. The molecule has 4 aromatic rings. The lowest BCUT2D eigenvalue weighted by molar-refractivity contribution is 0.0763. The molecule has 1 N–H and O–H groups in total. The van der Waals surface area contributed by atoms with E-state index in [9.17, 15) is 4.79 Å². The molecule has 0 unspecified atom stereocenters. The highest BCUT2D eigenvalue weighted by molar-refractivity contribution is 5.95. The molecule has 0 saturated heterocycles. The second-order valence-electron chi connectivity index (χ2n) is 7.36. The molecule has 0 spiro atoms. The van der Waals surface area contributed by atoms with E-state index in [1.54, 1.807) is 0 Å². The third kappa shape index (κ3) is 2.99. The van der Waals surface area contributed by atoms with E-state index in [-0.39, 0.29) is 5.91 Å². The third-order valence-corrected chi connectivity index (χ3v) is 5.69. The van der Waals surface area contributed by atoms with Crippen molar-refractivity contribution in [2.75, 3.05) is 13.1 Å². The van der Waals surface area contributed by atoms with Crippen LogP contribution in [-0.4, -0.2) is 28.9 Å². The fourth-order valence-electron chi connectivity index (χ4n) is 4.18. The second-order valence-corrected chi connectivity index (χ2v) is 7.36. The number of fused-ring (bicyclic) bond motifs is 3. The normalized spacial score (nSPS) is 13.9. The first-order valence-corrected chi connectivity index (χ1v) is 9.83. The number of hydrogen-bond donors (Lipinski definition) is 1. The number of hydrogen-bond acceptors (Lipinski definition) is 1. The third-order valence-electron chi connectivity index (χ3n) is 5.69. The Bertz CT molecular complexity index is 1130. The summed E-state index contributed by atoms with van der Waals surface area (Å²) in [6.07, 6.45) is 1.77. The molecule has 0 aliphatic carbocycles. The maximum Gasteiger partial charge on any atom is 0.253 e. The first kappa shape index (κ1) is 16.8.